The second-order valence-corrected chi connectivity index (χ2v) is 7.92. The first kappa shape index (κ1) is 15.5. The maximum atomic E-state index is 12.7. The molecule has 0 saturated carbocycles. The summed E-state index contributed by atoms with van der Waals surface area (Å²) in [5, 5.41) is 10.4. The molecule has 23 heavy (non-hydrogen) atoms. The van der Waals surface area contributed by atoms with Crippen LogP contribution in [0.25, 0.3) is 10.1 Å². The van der Waals surface area contributed by atoms with Crippen molar-refractivity contribution in [1.82, 2.24) is 0 Å². The SMILES string of the molecule is CS(=O)(=O)N(C(=O)c1cc2ccccc2s1)c1cccc(O)c1. The molecule has 1 N–H and O–H groups in total. The maximum absolute atomic E-state index is 12.7. The number of aromatic hydroxyl groups is 1. The molecule has 0 aliphatic rings. The molecule has 1 amide bonds. The van der Waals surface area contributed by atoms with E-state index in [0.717, 1.165) is 16.3 Å². The van der Waals surface area contributed by atoms with E-state index in [1.807, 2.05) is 24.3 Å². The molecular weight excluding hydrogens is 334 g/mol. The fraction of sp³-hybridized carbons (Fsp3) is 0.0625. The van der Waals surface area contributed by atoms with Gasteiger partial charge in [-0.2, -0.15) is 0 Å². The minimum absolute atomic E-state index is 0.106. The van der Waals surface area contributed by atoms with Gasteiger partial charge in [0.25, 0.3) is 5.91 Å². The largest absolute Gasteiger partial charge is 0.508 e. The van der Waals surface area contributed by atoms with Crippen molar-refractivity contribution in [3.8, 4) is 5.75 Å². The number of anilines is 1. The van der Waals surface area contributed by atoms with Crippen LogP contribution in [0.1, 0.15) is 9.67 Å². The Morgan fingerprint density at radius 1 is 1.09 bits per heavy atom. The molecule has 118 valence electrons. The van der Waals surface area contributed by atoms with Gasteiger partial charge >= 0.3 is 0 Å². The summed E-state index contributed by atoms with van der Waals surface area (Å²) >= 11 is 1.23. The van der Waals surface area contributed by atoms with Gasteiger partial charge in [0, 0.05) is 10.8 Å². The molecule has 3 aromatic rings. The van der Waals surface area contributed by atoms with Crippen molar-refractivity contribution in [2.45, 2.75) is 0 Å². The minimum atomic E-state index is -3.84. The normalized spacial score (nSPS) is 11.5. The topological polar surface area (TPSA) is 74.7 Å². The molecule has 2 aromatic carbocycles. The van der Waals surface area contributed by atoms with Crippen molar-refractivity contribution in [3.05, 3.63) is 59.5 Å². The Kier molecular flexibility index (Phi) is 3.83. The number of nitrogens with zero attached hydrogens (tertiary/aromatic N) is 1. The predicted octanol–water partition coefficient (Wildman–Crippen LogP) is 3.21. The van der Waals surface area contributed by atoms with Crippen LogP contribution >= 0.6 is 11.3 Å². The Bertz CT molecular complexity index is 959. The van der Waals surface area contributed by atoms with E-state index in [4.69, 9.17) is 0 Å². The number of phenolic OH excluding ortho intramolecular Hbond substituents is 1. The zero-order valence-corrected chi connectivity index (χ0v) is 13.8. The van der Waals surface area contributed by atoms with Crippen LogP contribution in [0.3, 0.4) is 0 Å². The Balaban J connectivity index is 2.11. The third-order valence-electron chi connectivity index (χ3n) is 3.22. The van der Waals surface area contributed by atoms with Crippen LogP contribution in [0.15, 0.2) is 54.6 Å². The van der Waals surface area contributed by atoms with E-state index in [1.54, 1.807) is 6.07 Å². The molecule has 3 rings (SSSR count). The van der Waals surface area contributed by atoms with Crippen molar-refractivity contribution >= 4 is 43.0 Å². The number of carbonyl (C=O) groups excluding carboxylic acids is 1. The van der Waals surface area contributed by atoms with Crippen molar-refractivity contribution in [2.75, 3.05) is 10.6 Å². The molecule has 0 saturated heterocycles. The Labute approximate surface area is 137 Å². The van der Waals surface area contributed by atoms with E-state index >= 15 is 0 Å². The van der Waals surface area contributed by atoms with Crippen LogP contribution in [0.4, 0.5) is 5.69 Å². The fourth-order valence-electron chi connectivity index (χ4n) is 2.27. The van der Waals surface area contributed by atoms with E-state index in [9.17, 15) is 18.3 Å². The average Bonchev–Trinajstić information content (AvgIpc) is 2.90. The highest BCUT2D eigenvalue weighted by Gasteiger charge is 2.28. The van der Waals surface area contributed by atoms with Gasteiger partial charge in [0.15, 0.2) is 0 Å². The van der Waals surface area contributed by atoms with E-state index in [1.165, 1.54) is 35.6 Å². The van der Waals surface area contributed by atoms with E-state index in [2.05, 4.69) is 0 Å². The number of carbonyl (C=O) groups is 1. The number of fused-ring (bicyclic) bond motifs is 1. The fourth-order valence-corrected chi connectivity index (χ4v) is 4.21. The predicted molar refractivity (Wildman–Crippen MR) is 91.6 cm³/mol. The van der Waals surface area contributed by atoms with Gasteiger partial charge in [-0.05, 0) is 29.7 Å². The minimum Gasteiger partial charge on any atom is -0.508 e. The van der Waals surface area contributed by atoms with Gasteiger partial charge in [0.2, 0.25) is 10.0 Å². The molecule has 0 radical (unpaired) electrons. The van der Waals surface area contributed by atoms with E-state index in [-0.39, 0.29) is 11.4 Å². The molecule has 1 heterocycles. The molecule has 0 atom stereocenters. The number of sulfonamides is 1. The van der Waals surface area contributed by atoms with Gasteiger partial charge in [-0.25, -0.2) is 12.7 Å². The van der Waals surface area contributed by atoms with Crippen molar-refractivity contribution in [2.24, 2.45) is 0 Å². The zero-order chi connectivity index (χ0) is 16.6. The summed E-state index contributed by atoms with van der Waals surface area (Å²) in [4.78, 5) is 13.1. The lowest BCUT2D eigenvalue weighted by Gasteiger charge is -2.19. The van der Waals surface area contributed by atoms with Crippen molar-refractivity contribution in [1.29, 1.82) is 0 Å². The van der Waals surface area contributed by atoms with Crippen LogP contribution in [-0.4, -0.2) is 25.7 Å². The smallest absolute Gasteiger partial charge is 0.282 e. The van der Waals surface area contributed by atoms with E-state index in [0.29, 0.717) is 9.18 Å². The van der Waals surface area contributed by atoms with Crippen LogP contribution in [-0.2, 0) is 10.0 Å². The lowest BCUT2D eigenvalue weighted by Crippen LogP contribution is -2.35. The molecule has 0 aliphatic carbocycles. The number of amides is 1. The van der Waals surface area contributed by atoms with Gasteiger partial charge in [-0.3, -0.25) is 4.79 Å². The molecule has 0 bridgehead atoms. The second-order valence-electron chi connectivity index (χ2n) is 5.00. The highest BCUT2D eigenvalue weighted by molar-refractivity contribution is 7.92. The molecule has 5 nitrogen and oxygen atoms in total. The van der Waals surface area contributed by atoms with Crippen LogP contribution in [0.5, 0.6) is 5.75 Å². The number of phenols is 1. The zero-order valence-electron chi connectivity index (χ0n) is 12.1. The molecule has 0 spiro atoms. The summed E-state index contributed by atoms with van der Waals surface area (Å²) in [7, 11) is -3.84. The summed E-state index contributed by atoms with van der Waals surface area (Å²) in [6.07, 6.45) is 0.961. The maximum Gasteiger partial charge on any atom is 0.282 e. The highest BCUT2D eigenvalue weighted by atomic mass is 32.2. The molecule has 7 heteroatoms. The lowest BCUT2D eigenvalue weighted by atomic mass is 10.2. The van der Waals surface area contributed by atoms with Gasteiger partial charge in [0.05, 0.1) is 16.8 Å². The van der Waals surface area contributed by atoms with Gasteiger partial charge in [-0.15, -0.1) is 11.3 Å². The van der Waals surface area contributed by atoms with Crippen LogP contribution < -0.4 is 4.31 Å². The Morgan fingerprint density at radius 3 is 2.48 bits per heavy atom. The third kappa shape index (κ3) is 3.06. The standard InChI is InChI=1S/C16H13NO4S2/c1-23(20,21)17(12-6-4-7-13(18)10-12)16(19)15-9-11-5-2-3-8-14(11)22-15/h2-10,18H,1H3. The number of hydrogen-bond acceptors (Lipinski definition) is 5. The van der Waals surface area contributed by atoms with Gasteiger partial charge in [0.1, 0.15) is 5.75 Å². The summed E-state index contributed by atoms with van der Waals surface area (Å²) in [5.74, 6) is -0.750. The highest BCUT2D eigenvalue weighted by Crippen LogP contribution is 2.30. The molecule has 1 aromatic heterocycles. The monoisotopic (exact) mass is 347 g/mol. The first-order valence-corrected chi connectivity index (χ1v) is 9.35. The molecule has 0 fully saturated rings. The number of thiophene rings is 1. The first-order chi connectivity index (χ1) is 10.9. The quantitative estimate of drug-likeness (QED) is 0.789. The number of hydrogen-bond donors (Lipinski definition) is 1. The summed E-state index contributed by atoms with van der Waals surface area (Å²) in [6.45, 7) is 0. The van der Waals surface area contributed by atoms with E-state index < -0.39 is 15.9 Å². The first-order valence-electron chi connectivity index (χ1n) is 6.68. The lowest BCUT2D eigenvalue weighted by molar-refractivity contribution is 0.101. The summed E-state index contributed by atoms with van der Waals surface area (Å²) in [5.41, 5.74) is 0.106. The average molecular weight is 347 g/mol. The second kappa shape index (κ2) is 5.68. The molecule has 0 aliphatic heterocycles. The summed E-state index contributed by atoms with van der Waals surface area (Å²) < 4.78 is 25.8. The number of benzene rings is 2. The van der Waals surface area contributed by atoms with Crippen molar-refractivity contribution < 1.29 is 18.3 Å². The van der Waals surface area contributed by atoms with Gasteiger partial charge in [-0.1, -0.05) is 24.3 Å². The molecular formula is C16H13NO4S2. The van der Waals surface area contributed by atoms with Crippen LogP contribution in [0, 0.1) is 0 Å². The third-order valence-corrected chi connectivity index (χ3v) is 5.36. The Hall–Kier alpha value is -2.38. The van der Waals surface area contributed by atoms with Gasteiger partial charge < -0.3 is 5.11 Å². The Morgan fingerprint density at radius 2 is 1.83 bits per heavy atom. The molecule has 0 unspecified atom stereocenters. The van der Waals surface area contributed by atoms with Crippen LogP contribution in [0.2, 0.25) is 0 Å². The number of rotatable bonds is 3. The van der Waals surface area contributed by atoms with Crippen molar-refractivity contribution in [3.63, 3.8) is 0 Å². The summed E-state index contributed by atoms with van der Waals surface area (Å²) in [6, 6.07) is 14.7.